The maximum Gasteiger partial charge on any atom is 0.131 e. The summed E-state index contributed by atoms with van der Waals surface area (Å²) in [6, 6.07) is 15.7. The second kappa shape index (κ2) is 5.02. The van der Waals surface area contributed by atoms with E-state index in [9.17, 15) is 13.9 Å². The molecule has 3 aromatic carbocycles. The van der Waals surface area contributed by atoms with Crippen LogP contribution in [0.2, 0.25) is 0 Å². The molecule has 1 nitrogen and oxygen atoms in total. The molecule has 0 aliphatic carbocycles. The van der Waals surface area contributed by atoms with Crippen LogP contribution in [0.4, 0.5) is 8.78 Å². The molecule has 20 heavy (non-hydrogen) atoms. The van der Waals surface area contributed by atoms with Gasteiger partial charge in [-0.2, -0.15) is 0 Å². The lowest BCUT2D eigenvalue weighted by molar-refractivity contribution is 0.216. The van der Waals surface area contributed by atoms with Gasteiger partial charge in [0.15, 0.2) is 0 Å². The maximum atomic E-state index is 13.8. The Hall–Kier alpha value is -2.26. The van der Waals surface area contributed by atoms with Crippen molar-refractivity contribution >= 4 is 10.8 Å². The standard InChI is InChI=1S/C17H12F2O/c18-15-8-4-3-7-14(15)17(20)13-9-10-16(19)12-6-2-1-5-11(12)13/h1-10,17,20H. The summed E-state index contributed by atoms with van der Waals surface area (Å²) < 4.78 is 27.5. The average molecular weight is 270 g/mol. The van der Waals surface area contributed by atoms with Gasteiger partial charge < -0.3 is 5.11 Å². The Labute approximate surface area is 115 Å². The molecule has 3 rings (SSSR count). The number of hydrogen-bond acceptors (Lipinski definition) is 1. The third kappa shape index (κ3) is 2.06. The topological polar surface area (TPSA) is 20.2 Å². The van der Waals surface area contributed by atoms with E-state index in [1.54, 1.807) is 36.4 Å². The van der Waals surface area contributed by atoms with E-state index in [1.165, 1.54) is 24.3 Å². The molecule has 0 aliphatic rings. The second-order valence-electron chi connectivity index (χ2n) is 4.61. The van der Waals surface area contributed by atoms with Crippen molar-refractivity contribution < 1.29 is 13.9 Å². The number of fused-ring (bicyclic) bond motifs is 1. The first-order valence-electron chi connectivity index (χ1n) is 6.28. The summed E-state index contributed by atoms with van der Waals surface area (Å²) in [7, 11) is 0. The molecule has 0 heterocycles. The first-order valence-corrected chi connectivity index (χ1v) is 6.28. The minimum atomic E-state index is -1.12. The van der Waals surface area contributed by atoms with Crippen molar-refractivity contribution in [2.24, 2.45) is 0 Å². The second-order valence-corrected chi connectivity index (χ2v) is 4.61. The summed E-state index contributed by atoms with van der Waals surface area (Å²) in [5.74, 6) is -0.835. The van der Waals surface area contributed by atoms with Crippen LogP contribution < -0.4 is 0 Å². The molecule has 1 unspecified atom stereocenters. The predicted octanol–water partition coefficient (Wildman–Crippen LogP) is 4.20. The number of aliphatic hydroxyl groups is 1. The quantitative estimate of drug-likeness (QED) is 0.740. The molecule has 0 fully saturated rings. The number of halogens is 2. The monoisotopic (exact) mass is 270 g/mol. The van der Waals surface area contributed by atoms with Gasteiger partial charge in [0.05, 0.1) is 0 Å². The Kier molecular flexibility index (Phi) is 3.20. The van der Waals surface area contributed by atoms with Crippen molar-refractivity contribution in [2.75, 3.05) is 0 Å². The Morgan fingerprint density at radius 2 is 1.30 bits per heavy atom. The van der Waals surface area contributed by atoms with Crippen LogP contribution in [0.25, 0.3) is 10.8 Å². The summed E-state index contributed by atoms with van der Waals surface area (Å²) in [5, 5.41) is 11.4. The molecule has 0 aromatic heterocycles. The summed E-state index contributed by atoms with van der Waals surface area (Å²) >= 11 is 0. The molecular weight excluding hydrogens is 258 g/mol. The Morgan fingerprint density at radius 1 is 0.650 bits per heavy atom. The average Bonchev–Trinajstić information content (AvgIpc) is 2.48. The fourth-order valence-electron chi connectivity index (χ4n) is 2.39. The van der Waals surface area contributed by atoms with Gasteiger partial charge in [-0.3, -0.25) is 0 Å². The molecule has 0 radical (unpaired) electrons. The molecule has 100 valence electrons. The predicted molar refractivity (Wildman–Crippen MR) is 74.4 cm³/mol. The van der Waals surface area contributed by atoms with Crippen LogP contribution in [0.5, 0.6) is 0 Å². The van der Waals surface area contributed by atoms with Crippen molar-refractivity contribution in [2.45, 2.75) is 6.10 Å². The molecule has 0 saturated heterocycles. The van der Waals surface area contributed by atoms with Gasteiger partial charge >= 0.3 is 0 Å². The van der Waals surface area contributed by atoms with E-state index < -0.39 is 11.9 Å². The van der Waals surface area contributed by atoms with Crippen molar-refractivity contribution in [1.29, 1.82) is 0 Å². The van der Waals surface area contributed by atoms with E-state index >= 15 is 0 Å². The number of rotatable bonds is 2. The third-order valence-electron chi connectivity index (χ3n) is 3.40. The maximum absolute atomic E-state index is 13.8. The molecule has 0 bridgehead atoms. The normalized spacial score (nSPS) is 12.6. The molecule has 0 amide bonds. The van der Waals surface area contributed by atoms with Crippen molar-refractivity contribution in [3.63, 3.8) is 0 Å². The van der Waals surface area contributed by atoms with Crippen LogP contribution in [0.1, 0.15) is 17.2 Å². The van der Waals surface area contributed by atoms with Gasteiger partial charge in [0, 0.05) is 10.9 Å². The minimum absolute atomic E-state index is 0.185. The van der Waals surface area contributed by atoms with Gasteiger partial charge in [-0.1, -0.05) is 48.5 Å². The van der Waals surface area contributed by atoms with E-state index in [-0.39, 0.29) is 11.4 Å². The largest absolute Gasteiger partial charge is 0.384 e. The lowest BCUT2D eigenvalue weighted by Crippen LogP contribution is -2.03. The molecule has 0 aliphatic heterocycles. The Balaban J connectivity index is 2.20. The lowest BCUT2D eigenvalue weighted by atomic mass is 9.95. The number of aliphatic hydroxyl groups excluding tert-OH is 1. The van der Waals surface area contributed by atoms with E-state index in [4.69, 9.17) is 0 Å². The van der Waals surface area contributed by atoms with E-state index in [2.05, 4.69) is 0 Å². The zero-order valence-corrected chi connectivity index (χ0v) is 10.6. The van der Waals surface area contributed by atoms with Crippen LogP contribution in [0.3, 0.4) is 0 Å². The Morgan fingerprint density at radius 3 is 2.05 bits per heavy atom. The van der Waals surface area contributed by atoms with E-state index in [0.29, 0.717) is 16.3 Å². The zero-order valence-electron chi connectivity index (χ0n) is 10.6. The zero-order chi connectivity index (χ0) is 14.1. The first kappa shape index (κ1) is 12.8. The van der Waals surface area contributed by atoms with Crippen molar-refractivity contribution in [3.8, 4) is 0 Å². The highest BCUT2D eigenvalue weighted by Gasteiger charge is 2.17. The van der Waals surface area contributed by atoms with Gasteiger partial charge in [-0.05, 0) is 23.1 Å². The van der Waals surface area contributed by atoms with Crippen LogP contribution in [-0.4, -0.2) is 5.11 Å². The fraction of sp³-hybridized carbons (Fsp3) is 0.0588. The molecular formula is C17H12F2O. The van der Waals surface area contributed by atoms with Crippen LogP contribution in [0.15, 0.2) is 60.7 Å². The van der Waals surface area contributed by atoms with E-state index in [1.807, 2.05) is 0 Å². The first-order chi connectivity index (χ1) is 9.68. The molecule has 0 spiro atoms. The molecule has 0 saturated carbocycles. The van der Waals surface area contributed by atoms with Gasteiger partial charge in [0.25, 0.3) is 0 Å². The lowest BCUT2D eigenvalue weighted by Gasteiger charge is -2.15. The summed E-state index contributed by atoms with van der Waals surface area (Å²) in [6.07, 6.45) is -1.12. The fourth-order valence-corrected chi connectivity index (χ4v) is 2.39. The number of benzene rings is 3. The van der Waals surface area contributed by atoms with Crippen LogP contribution in [-0.2, 0) is 0 Å². The molecule has 1 N–H and O–H groups in total. The smallest absolute Gasteiger partial charge is 0.131 e. The molecule has 3 aromatic rings. The number of hydrogen-bond donors (Lipinski definition) is 1. The van der Waals surface area contributed by atoms with Gasteiger partial charge in [0.1, 0.15) is 17.7 Å². The third-order valence-corrected chi connectivity index (χ3v) is 3.40. The van der Waals surface area contributed by atoms with Crippen LogP contribution >= 0.6 is 0 Å². The van der Waals surface area contributed by atoms with Crippen molar-refractivity contribution in [1.82, 2.24) is 0 Å². The van der Waals surface area contributed by atoms with Gasteiger partial charge in [-0.15, -0.1) is 0 Å². The highest BCUT2D eigenvalue weighted by atomic mass is 19.1. The molecule has 1 atom stereocenters. The summed E-state index contributed by atoms with van der Waals surface area (Å²) in [5.41, 5.74) is 0.677. The highest BCUT2D eigenvalue weighted by molar-refractivity contribution is 5.86. The molecule has 3 heteroatoms. The van der Waals surface area contributed by atoms with Crippen molar-refractivity contribution in [3.05, 3.63) is 83.4 Å². The Bertz CT molecular complexity index is 768. The van der Waals surface area contributed by atoms with Gasteiger partial charge in [-0.25, -0.2) is 8.78 Å². The van der Waals surface area contributed by atoms with Crippen LogP contribution in [0, 0.1) is 11.6 Å². The van der Waals surface area contributed by atoms with Gasteiger partial charge in [0.2, 0.25) is 0 Å². The summed E-state index contributed by atoms with van der Waals surface area (Å²) in [6.45, 7) is 0. The highest BCUT2D eigenvalue weighted by Crippen LogP contribution is 2.31. The van der Waals surface area contributed by atoms with E-state index in [0.717, 1.165) is 0 Å². The SMILES string of the molecule is OC(c1ccccc1F)c1ccc(F)c2ccccc12. The minimum Gasteiger partial charge on any atom is -0.384 e. The summed E-state index contributed by atoms with van der Waals surface area (Å²) in [4.78, 5) is 0.